The smallest absolute Gasteiger partial charge is 0.325 e. The Labute approximate surface area is 140 Å². The Hall–Kier alpha value is -1.52. The Bertz CT molecular complexity index is 789. The van der Waals surface area contributed by atoms with Gasteiger partial charge in [0.1, 0.15) is 0 Å². The Balaban J connectivity index is 1.94. The van der Waals surface area contributed by atoms with Gasteiger partial charge in [-0.25, -0.2) is 13.4 Å². The molecule has 0 atom stereocenters. The van der Waals surface area contributed by atoms with Gasteiger partial charge in [0.05, 0.1) is 10.6 Å². The van der Waals surface area contributed by atoms with Crippen molar-refractivity contribution in [2.75, 3.05) is 11.1 Å². The van der Waals surface area contributed by atoms with Crippen LogP contribution in [0.3, 0.4) is 0 Å². The molecule has 1 amide bonds. The number of alkyl halides is 2. The molecule has 0 radical (unpaired) electrons. The molecule has 0 saturated carbocycles. The summed E-state index contributed by atoms with van der Waals surface area (Å²) >= 11 is 2.72. The van der Waals surface area contributed by atoms with Gasteiger partial charge in [-0.05, 0) is 31.2 Å². The lowest BCUT2D eigenvalue weighted by Crippen LogP contribution is -2.14. The van der Waals surface area contributed by atoms with Crippen LogP contribution in [-0.2, 0) is 14.6 Å². The van der Waals surface area contributed by atoms with Crippen molar-refractivity contribution in [2.24, 2.45) is 0 Å². The summed E-state index contributed by atoms with van der Waals surface area (Å²) in [5.41, 5.74) is 1.22. The summed E-state index contributed by atoms with van der Waals surface area (Å²) in [6.07, 6.45) is 0. The van der Waals surface area contributed by atoms with Crippen molar-refractivity contribution < 1.29 is 22.0 Å². The van der Waals surface area contributed by atoms with Crippen molar-refractivity contribution in [1.29, 1.82) is 0 Å². The number of thioether (sulfide) groups is 1. The minimum Gasteiger partial charge on any atom is -0.325 e. The van der Waals surface area contributed by atoms with E-state index in [0.717, 1.165) is 22.2 Å². The monoisotopic (exact) mass is 378 g/mol. The van der Waals surface area contributed by atoms with Gasteiger partial charge in [0.15, 0.2) is 4.34 Å². The molecular weight excluding hydrogens is 366 g/mol. The predicted octanol–water partition coefficient (Wildman–Crippen LogP) is 3.18. The Morgan fingerprint density at radius 2 is 2.00 bits per heavy atom. The first kappa shape index (κ1) is 17.8. The van der Waals surface area contributed by atoms with E-state index in [1.165, 1.54) is 35.2 Å². The maximum Gasteiger partial charge on any atom is 0.341 e. The van der Waals surface area contributed by atoms with Gasteiger partial charge in [-0.1, -0.05) is 11.8 Å². The molecule has 1 heterocycles. The second kappa shape index (κ2) is 7.37. The number of aryl methyl sites for hydroxylation is 1. The SMILES string of the molecule is Cc1csc(SCC(=O)Nc2ccc(S(=O)(=O)C(F)F)cc2)n1. The van der Waals surface area contributed by atoms with E-state index in [4.69, 9.17) is 0 Å². The van der Waals surface area contributed by atoms with E-state index >= 15 is 0 Å². The molecule has 2 rings (SSSR count). The normalized spacial score (nSPS) is 11.7. The van der Waals surface area contributed by atoms with Crippen LogP contribution in [0.1, 0.15) is 5.69 Å². The number of carbonyl (C=O) groups excluding carboxylic acids is 1. The van der Waals surface area contributed by atoms with Crippen LogP contribution >= 0.6 is 23.1 Å². The molecule has 1 aromatic heterocycles. The molecule has 0 fully saturated rings. The van der Waals surface area contributed by atoms with Crippen LogP contribution in [0.5, 0.6) is 0 Å². The minimum absolute atomic E-state index is 0.143. The van der Waals surface area contributed by atoms with Gasteiger partial charge in [0, 0.05) is 16.8 Å². The van der Waals surface area contributed by atoms with Crippen LogP contribution in [0.4, 0.5) is 14.5 Å². The third-order valence-corrected chi connectivity index (χ3v) is 6.16. The van der Waals surface area contributed by atoms with Gasteiger partial charge in [-0.2, -0.15) is 8.78 Å². The fraction of sp³-hybridized carbons (Fsp3) is 0.231. The van der Waals surface area contributed by atoms with Gasteiger partial charge in [0.2, 0.25) is 15.7 Å². The Kier molecular flexibility index (Phi) is 5.71. The summed E-state index contributed by atoms with van der Waals surface area (Å²) in [6, 6.07) is 4.61. The maximum absolute atomic E-state index is 12.4. The van der Waals surface area contributed by atoms with Crippen molar-refractivity contribution in [1.82, 2.24) is 4.98 Å². The Morgan fingerprint density at radius 3 is 2.52 bits per heavy atom. The highest BCUT2D eigenvalue weighted by Crippen LogP contribution is 2.23. The van der Waals surface area contributed by atoms with Crippen molar-refractivity contribution >= 4 is 44.5 Å². The zero-order chi connectivity index (χ0) is 17.0. The number of anilines is 1. The highest BCUT2D eigenvalue weighted by molar-refractivity contribution is 8.01. The van der Waals surface area contributed by atoms with Crippen molar-refractivity contribution in [3.8, 4) is 0 Å². The van der Waals surface area contributed by atoms with Gasteiger partial charge in [0.25, 0.3) is 0 Å². The third-order valence-electron chi connectivity index (χ3n) is 2.63. The van der Waals surface area contributed by atoms with E-state index in [-0.39, 0.29) is 11.7 Å². The topological polar surface area (TPSA) is 76.1 Å². The van der Waals surface area contributed by atoms with E-state index in [1.54, 1.807) is 0 Å². The molecule has 124 valence electrons. The maximum atomic E-state index is 12.4. The molecule has 0 aliphatic heterocycles. The average Bonchev–Trinajstić information content (AvgIpc) is 2.91. The van der Waals surface area contributed by atoms with Gasteiger partial charge in [-0.3, -0.25) is 4.79 Å². The number of carbonyl (C=O) groups is 1. The number of hydrogen-bond acceptors (Lipinski definition) is 6. The minimum atomic E-state index is -4.62. The second-order valence-electron chi connectivity index (χ2n) is 4.42. The third kappa shape index (κ3) is 4.72. The molecule has 10 heteroatoms. The number of aromatic nitrogens is 1. The summed E-state index contributed by atoms with van der Waals surface area (Å²) in [7, 11) is -4.62. The molecule has 0 bridgehead atoms. The van der Waals surface area contributed by atoms with Crippen molar-refractivity contribution in [3.05, 3.63) is 35.3 Å². The molecule has 2 aromatic rings. The number of halogens is 2. The number of hydrogen-bond donors (Lipinski definition) is 1. The van der Waals surface area contributed by atoms with Crippen LogP contribution in [-0.4, -0.2) is 30.8 Å². The zero-order valence-corrected chi connectivity index (χ0v) is 14.3. The molecule has 0 aliphatic carbocycles. The first-order valence-corrected chi connectivity index (χ1v) is 9.67. The van der Waals surface area contributed by atoms with Crippen molar-refractivity contribution in [2.45, 2.75) is 21.9 Å². The fourth-order valence-electron chi connectivity index (χ4n) is 1.55. The molecule has 1 N–H and O–H groups in total. The zero-order valence-electron chi connectivity index (χ0n) is 11.8. The number of sulfone groups is 1. The van der Waals surface area contributed by atoms with E-state index < -0.39 is 20.5 Å². The van der Waals surface area contributed by atoms with Crippen LogP contribution < -0.4 is 5.32 Å². The molecular formula is C13H12F2N2O3S3. The predicted molar refractivity (Wildman–Crippen MR) is 85.8 cm³/mol. The fourth-order valence-corrected chi connectivity index (χ4v) is 3.92. The molecule has 0 spiro atoms. The van der Waals surface area contributed by atoms with Gasteiger partial charge >= 0.3 is 5.76 Å². The van der Waals surface area contributed by atoms with Gasteiger partial charge < -0.3 is 5.32 Å². The molecule has 0 unspecified atom stereocenters. The van der Waals surface area contributed by atoms with Crippen LogP contribution in [0.15, 0.2) is 38.9 Å². The van der Waals surface area contributed by atoms with Crippen LogP contribution in [0.2, 0.25) is 0 Å². The number of thiazole rings is 1. The molecule has 5 nitrogen and oxygen atoms in total. The first-order chi connectivity index (χ1) is 10.8. The second-order valence-corrected chi connectivity index (χ2v) is 8.42. The largest absolute Gasteiger partial charge is 0.341 e. The standard InChI is InChI=1S/C13H12F2N2O3S3/c1-8-6-21-13(16-8)22-7-11(18)17-9-2-4-10(5-3-9)23(19,20)12(14)15/h2-6,12H,7H2,1H3,(H,17,18). The summed E-state index contributed by atoms with van der Waals surface area (Å²) in [5, 5.41) is 4.44. The quantitative estimate of drug-likeness (QED) is 0.782. The summed E-state index contributed by atoms with van der Waals surface area (Å²) in [5.74, 6) is -3.63. The summed E-state index contributed by atoms with van der Waals surface area (Å²) in [4.78, 5) is 15.5. The molecule has 1 aromatic carbocycles. The highest BCUT2D eigenvalue weighted by Gasteiger charge is 2.26. The lowest BCUT2D eigenvalue weighted by molar-refractivity contribution is -0.113. The van der Waals surface area contributed by atoms with Crippen LogP contribution in [0, 0.1) is 6.92 Å². The van der Waals surface area contributed by atoms with Gasteiger partial charge in [-0.15, -0.1) is 11.3 Å². The molecule has 23 heavy (non-hydrogen) atoms. The number of rotatable bonds is 6. The van der Waals surface area contributed by atoms with E-state index in [1.807, 2.05) is 12.3 Å². The van der Waals surface area contributed by atoms with E-state index in [9.17, 15) is 22.0 Å². The lowest BCUT2D eigenvalue weighted by Gasteiger charge is -2.06. The average molecular weight is 378 g/mol. The number of nitrogens with one attached hydrogen (secondary N) is 1. The number of nitrogens with zero attached hydrogens (tertiary/aromatic N) is 1. The van der Waals surface area contributed by atoms with E-state index in [2.05, 4.69) is 10.3 Å². The Morgan fingerprint density at radius 1 is 1.35 bits per heavy atom. The summed E-state index contributed by atoms with van der Waals surface area (Å²) in [6.45, 7) is 1.86. The lowest BCUT2D eigenvalue weighted by atomic mass is 10.3. The summed E-state index contributed by atoms with van der Waals surface area (Å²) < 4.78 is 48.1. The highest BCUT2D eigenvalue weighted by atomic mass is 32.2. The van der Waals surface area contributed by atoms with Crippen molar-refractivity contribution in [3.63, 3.8) is 0 Å². The number of benzene rings is 1. The molecule has 0 saturated heterocycles. The first-order valence-electron chi connectivity index (χ1n) is 6.26. The number of amides is 1. The molecule has 0 aliphatic rings. The van der Waals surface area contributed by atoms with Crippen LogP contribution in [0.25, 0.3) is 0 Å². The van der Waals surface area contributed by atoms with E-state index in [0.29, 0.717) is 5.69 Å².